The van der Waals surface area contributed by atoms with Crippen LogP contribution in [0.5, 0.6) is 0 Å². The lowest BCUT2D eigenvalue weighted by Gasteiger charge is -2.25. The van der Waals surface area contributed by atoms with Crippen LogP contribution in [0, 0.1) is 5.92 Å². The molecule has 2 aromatic carbocycles. The van der Waals surface area contributed by atoms with E-state index in [2.05, 4.69) is 10.3 Å². The lowest BCUT2D eigenvalue weighted by atomic mass is 10.1. The fourth-order valence-corrected chi connectivity index (χ4v) is 4.19. The highest BCUT2D eigenvalue weighted by Gasteiger charge is 2.37. The van der Waals surface area contributed by atoms with Gasteiger partial charge in [-0.1, -0.05) is 53.8 Å². The Labute approximate surface area is 155 Å². The highest BCUT2D eigenvalue weighted by molar-refractivity contribution is 7.22. The van der Waals surface area contributed by atoms with Crippen molar-refractivity contribution in [1.82, 2.24) is 9.88 Å². The molecule has 1 N–H and O–H groups in total. The lowest BCUT2D eigenvalue weighted by Crippen LogP contribution is -2.30. The number of benzene rings is 2. The van der Waals surface area contributed by atoms with Crippen molar-refractivity contribution in [3.63, 3.8) is 0 Å². The zero-order valence-corrected chi connectivity index (χ0v) is 15.2. The number of hydrogen-bond acceptors (Lipinski definition) is 4. The summed E-state index contributed by atoms with van der Waals surface area (Å²) >= 11 is 1.45. The molecule has 1 fully saturated rings. The molecule has 1 aromatic heterocycles. The Balaban J connectivity index is 1.45. The molecule has 26 heavy (non-hydrogen) atoms. The van der Waals surface area contributed by atoms with E-state index in [9.17, 15) is 9.59 Å². The Morgan fingerprint density at radius 3 is 2.69 bits per heavy atom. The maximum absolute atomic E-state index is 12.6. The average molecular weight is 365 g/mol. The fourth-order valence-electron chi connectivity index (χ4n) is 3.33. The van der Waals surface area contributed by atoms with E-state index in [1.807, 2.05) is 61.5 Å². The van der Waals surface area contributed by atoms with E-state index in [-0.39, 0.29) is 30.2 Å². The molecule has 0 spiro atoms. The molecule has 0 saturated carbocycles. The number of amides is 2. The second-order valence-electron chi connectivity index (χ2n) is 6.51. The van der Waals surface area contributed by atoms with E-state index in [1.165, 1.54) is 11.3 Å². The molecule has 5 nitrogen and oxygen atoms in total. The Bertz CT molecular complexity index is 921. The van der Waals surface area contributed by atoms with Gasteiger partial charge < -0.3 is 10.2 Å². The quantitative estimate of drug-likeness (QED) is 0.764. The number of rotatable bonds is 4. The molecule has 2 heterocycles. The predicted molar refractivity (Wildman–Crippen MR) is 103 cm³/mol. The molecular formula is C20H19N3O2S. The average Bonchev–Trinajstić information content (AvgIpc) is 3.24. The van der Waals surface area contributed by atoms with Gasteiger partial charge in [0, 0.05) is 13.0 Å². The maximum Gasteiger partial charge on any atom is 0.231 e. The molecule has 3 aromatic rings. The van der Waals surface area contributed by atoms with Crippen LogP contribution in [0.2, 0.25) is 0 Å². The number of para-hydroxylation sites is 1. The Morgan fingerprint density at radius 2 is 1.92 bits per heavy atom. The third kappa shape index (κ3) is 3.20. The van der Waals surface area contributed by atoms with Gasteiger partial charge in [-0.3, -0.25) is 9.59 Å². The van der Waals surface area contributed by atoms with E-state index in [4.69, 9.17) is 0 Å². The number of likely N-dealkylation sites (tertiary alicyclic amines) is 1. The zero-order valence-electron chi connectivity index (χ0n) is 14.4. The summed E-state index contributed by atoms with van der Waals surface area (Å²) < 4.78 is 1.03. The minimum atomic E-state index is -0.347. The second-order valence-corrected chi connectivity index (χ2v) is 7.54. The summed E-state index contributed by atoms with van der Waals surface area (Å²) in [6, 6.07) is 17.6. The molecule has 6 heteroatoms. The Morgan fingerprint density at radius 1 is 1.19 bits per heavy atom. The predicted octanol–water partition coefficient (Wildman–Crippen LogP) is 3.84. The van der Waals surface area contributed by atoms with Crippen LogP contribution in [-0.4, -0.2) is 28.2 Å². The van der Waals surface area contributed by atoms with Crippen LogP contribution in [0.4, 0.5) is 5.13 Å². The number of fused-ring (bicyclic) bond motifs is 1. The van der Waals surface area contributed by atoms with Crippen molar-refractivity contribution in [2.75, 3.05) is 11.9 Å². The van der Waals surface area contributed by atoms with Crippen LogP contribution in [0.25, 0.3) is 10.2 Å². The van der Waals surface area contributed by atoms with Gasteiger partial charge in [0.2, 0.25) is 11.8 Å². The van der Waals surface area contributed by atoms with Crippen molar-refractivity contribution in [1.29, 1.82) is 0 Å². The van der Waals surface area contributed by atoms with Gasteiger partial charge >= 0.3 is 0 Å². The molecule has 132 valence electrons. The van der Waals surface area contributed by atoms with E-state index < -0.39 is 0 Å². The van der Waals surface area contributed by atoms with Gasteiger partial charge in [-0.15, -0.1) is 0 Å². The molecule has 2 atom stereocenters. The molecule has 1 aliphatic heterocycles. The van der Waals surface area contributed by atoms with Gasteiger partial charge in [0.15, 0.2) is 5.13 Å². The van der Waals surface area contributed by atoms with Crippen LogP contribution in [-0.2, 0) is 9.59 Å². The molecule has 0 aliphatic carbocycles. The minimum absolute atomic E-state index is 0.0193. The fraction of sp³-hybridized carbons (Fsp3) is 0.250. The van der Waals surface area contributed by atoms with Crippen LogP contribution in [0.1, 0.15) is 24.9 Å². The van der Waals surface area contributed by atoms with Crippen molar-refractivity contribution >= 4 is 38.5 Å². The molecule has 1 aliphatic rings. The van der Waals surface area contributed by atoms with Gasteiger partial charge in [0.1, 0.15) is 0 Å². The summed E-state index contributed by atoms with van der Waals surface area (Å²) in [6.45, 7) is 2.44. The molecule has 0 radical (unpaired) electrons. The SMILES string of the molecule is C[C@H](c1ccccc1)N1C[C@@H](C(=O)Nc2nc3ccccc3s2)CC1=O. The first kappa shape index (κ1) is 16.7. The Hall–Kier alpha value is -2.73. The normalized spacial score (nSPS) is 18.3. The molecule has 4 rings (SSSR count). The number of nitrogens with zero attached hydrogens (tertiary/aromatic N) is 2. The summed E-state index contributed by atoms with van der Waals surface area (Å²) in [5.41, 5.74) is 1.95. The lowest BCUT2D eigenvalue weighted by molar-refractivity contribution is -0.129. The topological polar surface area (TPSA) is 62.3 Å². The highest BCUT2D eigenvalue weighted by atomic mass is 32.1. The van der Waals surface area contributed by atoms with Crippen LogP contribution < -0.4 is 5.32 Å². The number of aromatic nitrogens is 1. The van der Waals surface area contributed by atoms with Crippen LogP contribution in [0.15, 0.2) is 54.6 Å². The standard InChI is InChI=1S/C20H19N3O2S/c1-13(14-7-3-2-4-8-14)23-12-15(11-18(23)24)19(25)22-20-21-16-9-5-6-10-17(16)26-20/h2-10,13,15H,11-12H2,1H3,(H,21,22,25)/t13-,15+/m1/s1. The van der Waals surface area contributed by atoms with Crippen molar-refractivity contribution in [2.45, 2.75) is 19.4 Å². The Kier molecular flexibility index (Phi) is 4.42. The molecular weight excluding hydrogens is 346 g/mol. The van der Waals surface area contributed by atoms with E-state index >= 15 is 0 Å². The van der Waals surface area contributed by atoms with Crippen molar-refractivity contribution < 1.29 is 9.59 Å². The van der Waals surface area contributed by atoms with Gasteiger partial charge in [0.05, 0.1) is 22.2 Å². The summed E-state index contributed by atoms with van der Waals surface area (Å²) in [5.74, 6) is -0.466. The van der Waals surface area contributed by atoms with Gasteiger partial charge in [-0.25, -0.2) is 4.98 Å². The first-order valence-electron chi connectivity index (χ1n) is 8.62. The van der Waals surface area contributed by atoms with E-state index in [0.717, 1.165) is 15.8 Å². The monoisotopic (exact) mass is 365 g/mol. The summed E-state index contributed by atoms with van der Waals surface area (Å²) in [6.07, 6.45) is 0.244. The number of thiazole rings is 1. The molecule has 0 unspecified atom stereocenters. The molecule has 0 bridgehead atoms. The second kappa shape index (κ2) is 6.88. The van der Waals surface area contributed by atoms with Crippen LogP contribution in [0.3, 0.4) is 0 Å². The highest BCUT2D eigenvalue weighted by Crippen LogP contribution is 2.30. The van der Waals surface area contributed by atoms with Gasteiger partial charge in [-0.2, -0.15) is 0 Å². The number of hydrogen-bond donors (Lipinski definition) is 1. The van der Waals surface area contributed by atoms with Gasteiger partial charge in [-0.05, 0) is 24.6 Å². The number of anilines is 1. The summed E-state index contributed by atoms with van der Waals surface area (Å²) in [7, 11) is 0. The third-order valence-electron chi connectivity index (χ3n) is 4.80. The number of carbonyl (C=O) groups is 2. The van der Waals surface area contributed by atoms with Crippen molar-refractivity contribution in [3.8, 4) is 0 Å². The van der Waals surface area contributed by atoms with Crippen molar-refractivity contribution in [3.05, 3.63) is 60.2 Å². The third-order valence-corrected chi connectivity index (χ3v) is 5.75. The largest absolute Gasteiger partial charge is 0.335 e. The number of carbonyl (C=O) groups excluding carboxylic acids is 2. The first-order chi connectivity index (χ1) is 12.6. The number of nitrogens with one attached hydrogen (secondary N) is 1. The molecule has 2 amide bonds. The summed E-state index contributed by atoms with van der Waals surface area (Å²) in [4.78, 5) is 31.3. The molecule has 1 saturated heterocycles. The minimum Gasteiger partial charge on any atom is -0.335 e. The van der Waals surface area contributed by atoms with Gasteiger partial charge in [0.25, 0.3) is 0 Å². The van der Waals surface area contributed by atoms with Crippen LogP contribution >= 0.6 is 11.3 Å². The zero-order chi connectivity index (χ0) is 18.1. The smallest absolute Gasteiger partial charge is 0.231 e. The van der Waals surface area contributed by atoms with E-state index in [1.54, 1.807) is 4.90 Å². The summed E-state index contributed by atoms with van der Waals surface area (Å²) in [5, 5.41) is 3.46. The van der Waals surface area contributed by atoms with E-state index in [0.29, 0.717) is 11.7 Å². The first-order valence-corrected chi connectivity index (χ1v) is 9.44. The maximum atomic E-state index is 12.6. The van der Waals surface area contributed by atoms with Crippen molar-refractivity contribution in [2.24, 2.45) is 5.92 Å².